The van der Waals surface area contributed by atoms with Crippen LogP contribution in [-0.4, -0.2) is 39.6 Å². The fourth-order valence-electron chi connectivity index (χ4n) is 5.79. The second-order valence-electron chi connectivity index (χ2n) is 12.3. The molecule has 0 aliphatic carbocycles. The largest absolute Gasteiger partial charge is 0.469 e. The third kappa shape index (κ3) is 11.4. The smallest absolute Gasteiger partial charge is 0.308 e. The number of unbranched alkanes of at least 4 members (excludes halogenated alkanes) is 6. The van der Waals surface area contributed by atoms with Crippen molar-refractivity contribution in [1.29, 1.82) is 0 Å². The summed E-state index contributed by atoms with van der Waals surface area (Å²) in [4.78, 5) is 23.9. The minimum atomic E-state index is -2.75. The maximum absolute atomic E-state index is 12.5. The van der Waals surface area contributed by atoms with Crippen molar-refractivity contribution in [3.63, 3.8) is 0 Å². The van der Waals surface area contributed by atoms with Crippen LogP contribution in [0.5, 0.6) is 0 Å². The summed E-state index contributed by atoms with van der Waals surface area (Å²) >= 11 is 0. The molecule has 0 N–H and O–H groups in total. The Hall–Kier alpha value is -2.44. The molecular weight excluding hydrogens is 528 g/mol. The van der Waals surface area contributed by atoms with E-state index in [4.69, 9.17) is 13.9 Å². The van der Waals surface area contributed by atoms with Crippen molar-refractivity contribution in [3.8, 4) is 0 Å². The second kappa shape index (κ2) is 18.2. The van der Waals surface area contributed by atoms with E-state index in [1.54, 1.807) is 0 Å². The van der Waals surface area contributed by atoms with Crippen LogP contribution >= 0.6 is 0 Å². The summed E-state index contributed by atoms with van der Waals surface area (Å²) < 4.78 is 17.9. The average Bonchev–Trinajstić information content (AvgIpc) is 2.95. The molecule has 0 aliphatic rings. The first-order chi connectivity index (χ1) is 19.6. The molecule has 228 valence electrons. The number of hydrogen-bond acceptors (Lipinski definition) is 5. The van der Waals surface area contributed by atoms with Crippen molar-refractivity contribution in [3.05, 3.63) is 60.7 Å². The van der Waals surface area contributed by atoms with Gasteiger partial charge in [-0.25, -0.2) is 0 Å². The first kappa shape index (κ1) is 34.8. The first-order valence-electron chi connectivity index (χ1n) is 15.7. The van der Waals surface area contributed by atoms with Crippen LogP contribution in [0.2, 0.25) is 5.04 Å². The van der Waals surface area contributed by atoms with Crippen molar-refractivity contribution in [2.45, 2.75) is 129 Å². The molecular formula is C35H54O5Si. The lowest BCUT2D eigenvalue weighted by atomic mass is 10.0. The Morgan fingerprint density at radius 2 is 1.20 bits per heavy atom. The Kier molecular flexibility index (Phi) is 15.4. The van der Waals surface area contributed by atoms with Gasteiger partial charge in [0.05, 0.1) is 19.6 Å². The zero-order valence-electron chi connectivity index (χ0n) is 26.5. The van der Waals surface area contributed by atoms with Gasteiger partial charge in [-0.2, -0.15) is 0 Å². The van der Waals surface area contributed by atoms with Crippen LogP contribution in [0.3, 0.4) is 0 Å². The summed E-state index contributed by atoms with van der Waals surface area (Å²) in [5, 5.41) is 2.30. The highest BCUT2D eigenvalue weighted by atomic mass is 28.4. The normalized spacial score (nSPS) is 13.4. The zero-order valence-corrected chi connectivity index (χ0v) is 27.5. The molecule has 0 radical (unpaired) electrons. The number of carbonyl (C=O) groups is 2. The summed E-state index contributed by atoms with van der Waals surface area (Å²) in [6.07, 6.45) is 11.7. The predicted octanol–water partition coefficient (Wildman–Crippen LogP) is 7.74. The molecule has 2 rings (SSSR count). The van der Waals surface area contributed by atoms with E-state index in [1.165, 1.54) is 24.4 Å². The highest BCUT2D eigenvalue weighted by Crippen LogP contribution is 2.38. The van der Waals surface area contributed by atoms with Crippen molar-refractivity contribution in [2.24, 2.45) is 0 Å². The quantitative estimate of drug-likeness (QED) is 0.0963. The van der Waals surface area contributed by atoms with Gasteiger partial charge < -0.3 is 13.9 Å². The van der Waals surface area contributed by atoms with Gasteiger partial charge in [0.2, 0.25) is 0 Å². The number of carbonyl (C=O) groups excluding carboxylic acids is 2. The summed E-state index contributed by atoms with van der Waals surface area (Å²) in [6.45, 7) is 10.5. The van der Waals surface area contributed by atoms with Crippen LogP contribution in [0.25, 0.3) is 0 Å². The molecule has 0 heterocycles. The van der Waals surface area contributed by atoms with Crippen LogP contribution < -0.4 is 10.4 Å². The molecule has 0 saturated heterocycles. The van der Waals surface area contributed by atoms with E-state index in [1.807, 2.05) is 12.1 Å². The third-order valence-corrected chi connectivity index (χ3v) is 13.0. The van der Waals surface area contributed by atoms with Gasteiger partial charge in [-0.05, 0) is 41.1 Å². The van der Waals surface area contributed by atoms with E-state index >= 15 is 0 Å². The minimum absolute atomic E-state index is 0.0603. The number of hydrogen-bond donors (Lipinski definition) is 0. The number of ether oxygens (including phenoxy) is 2. The standard InChI is InChI=1S/C35H54O5Si/c1-7-8-21-30(39-29(2)36)22-15-11-9-10-12-16-23-31(28-34(37)38-6)40-41(35(3,4)5,32-24-17-13-18-25-32)33-26-19-14-20-27-33/h13-14,17-20,24-27,30-31H,7-12,15-16,21-23,28H2,1-6H3/t30-,31?/m0/s1. The van der Waals surface area contributed by atoms with Crippen molar-refractivity contribution < 1.29 is 23.5 Å². The maximum Gasteiger partial charge on any atom is 0.308 e. The molecule has 41 heavy (non-hydrogen) atoms. The summed E-state index contributed by atoms with van der Waals surface area (Å²) in [5.74, 6) is -0.397. The van der Waals surface area contributed by atoms with Gasteiger partial charge in [0.15, 0.2) is 0 Å². The van der Waals surface area contributed by atoms with Crippen LogP contribution in [0.1, 0.15) is 112 Å². The molecule has 2 aromatic rings. The molecule has 0 aliphatic heterocycles. The van der Waals surface area contributed by atoms with Gasteiger partial charge in [0.1, 0.15) is 6.10 Å². The van der Waals surface area contributed by atoms with Gasteiger partial charge in [0, 0.05) is 6.92 Å². The van der Waals surface area contributed by atoms with Crippen molar-refractivity contribution in [1.82, 2.24) is 0 Å². The molecule has 2 aromatic carbocycles. The SMILES string of the molecule is CCCC[C@@H](CCCCCCCCC(CC(=O)OC)O[Si](c1ccccc1)(c1ccccc1)C(C)(C)C)OC(C)=O. The van der Waals surface area contributed by atoms with E-state index in [0.29, 0.717) is 0 Å². The molecule has 2 atom stereocenters. The van der Waals surface area contributed by atoms with E-state index in [-0.39, 0.29) is 35.6 Å². The maximum atomic E-state index is 12.5. The van der Waals surface area contributed by atoms with Crippen LogP contribution in [0, 0.1) is 0 Å². The van der Waals surface area contributed by atoms with E-state index in [0.717, 1.165) is 70.6 Å². The lowest BCUT2D eigenvalue weighted by molar-refractivity contribution is -0.147. The first-order valence-corrected chi connectivity index (χ1v) is 17.6. The number of rotatable bonds is 19. The lowest BCUT2D eigenvalue weighted by Crippen LogP contribution is -2.67. The van der Waals surface area contributed by atoms with E-state index in [2.05, 4.69) is 76.2 Å². The molecule has 0 amide bonds. The Balaban J connectivity index is 2.04. The van der Waals surface area contributed by atoms with Gasteiger partial charge in [0.25, 0.3) is 8.32 Å². The van der Waals surface area contributed by atoms with Crippen molar-refractivity contribution >= 4 is 30.6 Å². The van der Waals surface area contributed by atoms with Gasteiger partial charge in [-0.1, -0.05) is 133 Å². The van der Waals surface area contributed by atoms with E-state index in [9.17, 15) is 9.59 Å². The average molecular weight is 583 g/mol. The highest BCUT2D eigenvalue weighted by Gasteiger charge is 2.51. The Bertz CT molecular complexity index is 963. The van der Waals surface area contributed by atoms with E-state index < -0.39 is 8.32 Å². The monoisotopic (exact) mass is 582 g/mol. The predicted molar refractivity (Wildman–Crippen MR) is 171 cm³/mol. The molecule has 0 bridgehead atoms. The highest BCUT2D eigenvalue weighted by molar-refractivity contribution is 6.99. The number of benzene rings is 2. The zero-order chi connectivity index (χ0) is 30.1. The second-order valence-corrected chi connectivity index (χ2v) is 16.5. The molecule has 5 nitrogen and oxygen atoms in total. The number of methoxy groups -OCH3 is 1. The Labute approximate surface area is 250 Å². The molecule has 0 saturated carbocycles. The summed E-state index contributed by atoms with van der Waals surface area (Å²) in [7, 11) is -1.30. The van der Waals surface area contributed by atoms with Crippen molar-refractivity contribution in [2.75, 3.05) is 7.11 Å². The van der Waals surface area contributed by atoms with Gasteiger partial charge in [-0.3, -0.25) is 9.59 Å². The van der Waals surface area contributed by atoms with Gasteiger partial charge >= 0.3 is 11.9 Å². The third-order valence-electron chi connectivity index (χ3n) is 7.90. The molecule has 1 unspecified atom stereocenters. The fourth-order valence-corrected chi connectivity index (χ4v) is 10.5. The molecule has 0 fully saturated rings. The van der Waals surface area contributed by atoms with Crippen LogP contribution in [0.15, 0.2) is 60.7 Å². The summed E-state index contributed by atoms with van der Waals surface area (Å²) in [6, 6.07) is 21.2. The van der Waals surface area contributed by atoms with Gasteiger partial charge in [-0.15, -0.1) is 0 Å². The lowest BCUT2D eigenvalue weighted by Gasteiger charge is -2.45. The number of esters is 2. The Morgan fingerprint density at radius 1 is 0.732 bits per heavy atom. The molecule has 0 spiro atoms. The molecule has 6 heteroatoms. The fraction of sp³-hybridized carbons (Fsp3) is 0.600. The Morgan fingerprint density at radius 3 is 1.63 bits per heavy atom. The van der Waals surface area contributed by atoms with Crippen LogP contribution in [-0.2, 0) is 23.5 Å². The molecule has 0 aromatic heterocycles. The van der Waals surface area contributed by atoms with Crippen LogP contribution in [0.4, 0.5) is 0 Å². The topological polar surface area (TPSA) is 61.8 Å². The summed E-state index contributed by atoms with van der Waals surface area (Å²) in [5.41, 5.74) is 0. The minimum Gasteiger partial charge on any atom is -0.469 e.